The van der Waals surface area contributed by atoms with Crippen molar-refractivity contribution < 1.29 is 27.8 Å². The number of hydrogen-bond donors (Lipinski definition) is 2. The maximum absolute atomic E-state index is 10.6. The number of para-hydroxylation sites is 1. The molecule has 158 valence electrons. The van der Waals surface area contributed by atoms with Gasteiger partial charge in [0.1, 0.15) is 17.3 Å². The second-order valence-electron chi connectivity index (χ2n) is 6.37. The number of rotatable bonds is 3. The number of anilines is 1. The Labute approximate surface area is 175 Å². The van der Waals surface area contributed by atoms with Gasteiger partial charge < -0.3 is 15.6 Å². The lowest BCUT2D eigenvalue weighted by Crippen LogP contribution is -2.21. The van der Waals surface area contributed by atoms with E-state index in [1.807, 2.05) is 60.7 Å². The van der Waals surface area contributed by atoms with Crippen LogP contribution in [0.5, 0.6) is 11.5 Å². The maximum atomic E-state index is 10.6. The number of alkyl halides is 3. The van der Waals surface area contributed by atoms with Gasteiger partial charge >= 0.3 is 12.1 Å². The smallest absolute Gasteiger partial charge is 0.475 e. The van der Waals surface area contributed by atoms with Crippen LogP contribution >= 0.6 is 0 Å². The number of halogens is 3. The van der Waals surface area contributed by atoms with Crippen molar-refractivity contribution in [2.75, 3.05) is 5.73 Å². The molecule has 0 aliphatic rings. The number of nitrogens with two attached hydrogens (primary N) is 1. The minimum Gasteiger partial charge on any atom is -0.475 e. The average Bonchev–Trinajstić information content (AvgIpc) is 2.75. The third-order valence-electron chi connectivity index (χ3n) is 4.21. The molecule has 0 amide bonds. The molecule has 8 heteroatoms. The fraction of sp³-hybridized carbons (Fsp3) is 0.0435. The Bertz CT molecular complexity index is 1180. The summed E-state index contributed by atoms with van der Waals surface area (Å²) in [6.07, 6.45) is -3.35. The molecule has 0 fully saturated rings. The molecule has 0 bridgehead atoms. The summed E-state index contributed by atoms with van der Waals surface area (Å²) in [6, 6.07) is 26.0. The zero-order valence-corrected chi connectivity index (χ0v) is 16.0. The van der Waals surface area contributed by atoms with Gasteiger partial charge in [-0.1, -0.05) is 42.5 Å². The number of carbonyl (C=O) groups is 1. The van der Waals surface area contributed by atoms with Crippen molar-refractivity contribution in [3.05, 3.63) is 85.1 Å². The van der Waals surface area contributed by atoms with Crippen LogP contribution in [-0.4, -0.2) is 22.2 Å². The summed E-state index contributed by atoms with van der Waals surface area (Å²) in [4.78, 5) is 13.1. The van der Waals surface area contributed by atoms with E-state index in [0.29, 0.717) is 5.82 Å². The van der Waals surface area contributed by atoms with Crippen LogP contribution in [0.4, 0.5) is 19.0 Å². The van der Waals surface area contributed by atoms with E-state index >= 15 is 0 Å². The van der Waals surface area contributed by atoms with Crippen molar-refractivity contribution in [3.63, 3.8) is 0 Å². The monoisotopic (exact) mass is 426 g/mol. The lowest BCUT2D eigenvalue weighted by atomic mass is 10.0. The normalized spacial score (nSPS) is 10.8. The molecule has 1 aromatic heterocycles. The highest BCUT2D eigenvalue weighted by atomic mass is 19.4. The van der Waals surface area contributed by atoms with E-state index in [1.165, 1.54) is 0 Å². The number of nitrogen functional groups attached to an aromatic ring is 1. The number of nitrogens with zero attached hydrogens (tertiary/aromatic N) is 1. The number of aliphatic carboxylic acids is 1. The first-order valence-corrected chi connectivity index (χ1v) is 9.02. The summed E-state index contributed by atoms with van der Waals surface area (Å²) >= 11 is 0. The molecule has 4 aromatic rings. The molecule has 31 heavy (non-hydrogen) atoms. The van der Waals surface area contributed by atoms with Crippen LogP contribution in [0.25, 0.3) is 21.9 Å². The van der Waals surface area contributed by atoms with Crippen LogP contribution in [0, 0.1) is 0 Å². The van der Waals surface area contributed by atoms with Crippen LogP contribution in [0.3, 0.4) is 0 Å². The third-order valence-corrected chi connectivity index (χ3v) is 4.21. The number of aromatic nitrogens is 1. The molecular formula is C23H17F3N2O3. The average molecular weight is 426 g/mol. The van der Waals surface area contributed by atoms with Crippen molar-refractivity contribution in [3.8, 4) is 22.6 Å². The number of fused-ring (bicyclic) bond motifs is 1. The first-order chi connectivity index (χ1) is 14.7. The molecule has 3 aromatic carbocycles. The number of pyridine rings is 1. The van der Waals surface area contributed by atoms with E-state index in [-0.39, 0.29) is 0 Å². The Kier molecular flexibility index (Phi) is 6.40. The number of ether oxygens (including phenoxy) is 1. The molecular weight excluding hydrogens is 409 g/mol. The molecule has 4 rings (SSSR count). The van der Waals surface area contributed by atoms with Gasteiger partial charge in [0, 0.05) is 11.6 Å². The van der Waals surface area contributed by atoms with Gasteiger partial charge in [-0.05, 0) is 52.9 Å². The lowest BCUT2D eigenvalue weighted by molar-refractivity contribution is -0.192. The highest BCUT2D eigenvalue weighted by Crippen LogP contribution is 2.29. The fourth-order valence-electron chi connectivity index (χ4n) is 2.71. The van der Waals surface area contributed by atoms with Crippen LogP contribution in [0.2, 0.25) is 0 Å². The van der Waals surface area contributed by atoms with Gasteiger partial charge in [-0.2, -0.15) is 13.2 Å². The van der Waals surface area contributed by atoms with E-state index in [1.54, 1.807) is 6.20 Å². The van der Waals surface area contributed by atoms with E-state index < -0.39 is 12.1 Å². The van der Waals surface area contributed by atoms with Gasteiger partial charge in [0.2, 0.25) is 0 Å². The van der Waals surface area contributed by atoms with E-state index in [2.05, 4.69) is 23.2 Å². The van der Waals surface area contributed by atoms with Crippen molar-refractivity contribution in [2.24, 2.45) is 0 Å². The Hall–Kier alpha value is -4.07. The van der Waals surface area contributed by atoms with Gasteiger partial charge in [0.25, 0.3) is 0 Å². The minimum atomic E-state index is -5.08. The molecule has 0 unspecified atom stereocenters. The number of hydrogen-bond acceptors (Lipinski definition) is 4. The molecule has 0 radical (unpaired) electrons. The topological polar surface area (TPSA) is 85.4 Å². The van der Waals surface area contributed by atoms with Crippen LogP contribution < -0.4 is 10.5 Å². The maximum Gasteiger partial charge on any atom is 0.490 e. The number of carboxylic acids is 1. The summed E-state index contributed by atoms with van der Waals surface area (Å²) in [5, 5.41) is 9.19. The minimum absolute atomic E-state index is 0.554. The predicted octanol–water partition coefficient (Wildman–Crippen LogP) is 5.91. The molecule has 0 atom stereocenters. The highest BCUT2D eigenvalue weighted by Gasteiger charge is 2.38. The van der Waals surface area contributed by atoms with Crippen LogP contribution in [-0.2, 0) is 4.79 Å². The summed E-state index contributed by atoms with van der Waals surface area (Å²) in [5.74, 6) is -0.562. The quantitative estimate of drug-likeness (QED) is 0.425. The van der Waals surface area contributed by atoms with Crippen molar-refractivity contribution >= 4 is 22.6 Å². The standard InChI is InChI=1S/C21H16N2O.C2HF3O2/c22-21-20-14-17(7-6-16(20)12-13-23-21)15-8-10-19(11-9-15)24-18-4-2-1-3-5-18;3-2(4,5)1(6)7/h1-14H,(H2,22,23);(H,6,7). The molecule has 1 heterocycles. The Morgan fingerprint density at radius 2 is 1.45 bits per heavy atom. The molecule has 0 spiro atoms. The van der Waals surface area contributed by atoms with Crippen molar-refractivity contribution in [1.29, 1.82) is 0 Å². The van der Waals surface area contributed by atoms with E-state index in [9.17, 15) is 13.2 Å². The lowest BCUT2D eigenvalue weighted by Gasteiger charge is -2.08. The van der Waals surface area contributed by atoms with E-state index in [4.69, 9.17) is 20.4 Å². The third kappa shape index (κ3) is 5.72. The zero-order valence-electron chi connectivity index (χ0n) is 16.0. The molecule has 3 N–H and O–H groups in total. The van der Waals surface area contributed by atoms with Crippen molar-refractivity contribution in [2.45, 2.75) is 6.18 Å². The van der Waals surface area contributed by atoms with Gasteiger partial charge in [0.15, 0.2) is 0 Å². The summed E-state index contributed by atoms with van der Waals surface area (Å²) < 4.78 is 37.6. The van der Waals surface area contributed by atoms with Gasteiger partial charge in [-0.25, -0.2) is 9.78 Å². The second kappa shape index (κ2) is 9.17. The van der Waals surface area contributed by atoms with Gasteiger partial charge in [0.05, 0.1) is 0 Å². The van der Waals surface area contributed by atoms with E-state index in [0.717, 1.165) is 33.4 Å². The Morgan fingerprint density at radius 1 is 0.871 bits per heavy atom. The number of benzene rings is 3. The largest absolute Gasteiger partial charge is 0.490 e. The van der Waals surface area contributed by atoms with Gasteiger partial charge in [-0.15, -0.1) is 0 Å². The van der Waals surface area contributed by atoms with Crippen LogP contribution in [0.1, 0.15) is 0 Å². The SMILES string of the molecule is Nc1nccc2ccc(-c3ccc(Oc4ccccc4)cc3)cc12.O=C(O)C(F)(F)F. The number of carboxylic acid groups (broad SMARTS) is 1. The first-order valence-electron chi connectivity index (χ1n) is 9.02. The first kappa shape index (κ1) is 21.6. The van der Waals surface area contributed by atoms with Gasteiger partial charge in [-0.3, -0.25) is 0 Å². The van der Waals surface area contributed by atoms with Crippen molar-refractivity contribution in [1.82, 2.24) is 4.98 Å². The summed E-state index contributed by atoms with van der Waals surface area (Å²) in [6.45, 7) is 0. The molecule has 5 nitrogen and oxygen atoms in total. The Morgan fingerprint density at radius 3 is 2.06 bits per heavy atom. The summed E-state index contributed by atoms with van der Waals surface area (Å²) in [7, 11) is 0. The molecule has 0 saturated carbocycles. The second-order valence-corrected chi connectivity index (χ2v) is 6.37. The Balaban J connectivity index is 0.000000339. The molecule has 0 aliphatic heterocycles. The predicted molar refractivity (Wildman–Crippen MR) is 112 cm³/mol. The molecule has 0 saturated heterocycles. The highest BCUT2D eigenvalue weighted by molar-refractivity contribution is 5.94. The van der Waals surface area contributed by atoms with Crippen LogP contribution in [0.15, 0.2) is 85.1 Å². The fourth-order valence-corrected chi connectivity index (χ4v) is 2.71. The zero-order chi connectivity index (χ0) is 22.4. The molecule has 0 aliphatic carbocycles. The summed E-state index contributed by atoms with van der Waals surface area (Å²) in [5.41, 5.74) is 8.20.